The lowest BCUT2D eigenvalue weighted by Gasteiger charge is -2.16. The Bertz CT molecular complexity index is 715. The number of carbonyl (C=O) groups is 2. The number of halogens is 2. The fourth-order valence-electron chi connectivity index (χ4n) is 2.05. The molecule has 1 aliphatic carbocycles. The summed E-state index contributed by atoms with van der Waals surface area (Å²) in [6.45, 7) is 0. The number of fused-ring (bicyclic) bond motifs is 2. The topological polar surface area (TPSA) is 68.3 Å². The lowest BCUT2D eigenvalue weighted by molar-refractivity contribution is 0.0979. The Morgan fingerprint density at radius 1 is 0.619 bits per heavy atom. The standard InChI is InChI=1S/C14H8O2.Cl2O2S/c15-13-9-5-1-2-6-10(9)14(16)12-8-4-3-7-11(12)13;1-5(2,3)4/h1-8H;. The van der Waals surface area contributed by atoms with Crippen molar-refractivity contribution in [1.82, 2.24) is 0 Å². The maximum Gasteiger partial charge on any atom is 0.317 e. The van der Waals surface area contributed by atoms with Gasteiger partial charge in [-0.2, -0.15) is 8.42 Å². The summed E-state index contributed by atoms with van der Waals surface area (Å²) in [4.78, 5) is 24.2. The summed E-state index contributed by atoms with van der Waals surface area (Å²) >= 11 is 0. The van der Waals surface area contributed by atoms with E-state index in [0.29, 0.717) is 22.3 Å². The third kappa shape index (κ3) is 3.69. The molecule has 0 radical (unpaired) electrons. The smallest absolute Gasteiger partial charge is 0.289 e. The van der Waals surface area contributed by atoms with Crippen molar-refractivity contribution >= 4 is 41.2 Å². The van der Waals surface area contributed by atoms with Gasteiger partial charge in [-0.15, -0.1) is 0 Å². The predicted molar refractivity (Wildman–Crippen MR) is 80.4 cm³/mol. The van der Waals surface area contributed by atoms with Crippen LogP contribution in [0.1, 0.15) is 31.8 Å². The van der Waals surface area contributed by atoms with Gasteiger partial charge in [-0.1, -0.05) is 48.5 Å². The van der Waals surface area contributed by atoms with Crippen molar-refractivity contribution in [2.45, 2.75) is 0 Å². The Labute approximate surface area is 130 Å². The summed E-state index contributed by atoms with van der Waals surface area (Å²) in [5.41, 5.74) is 2.02. The van der Waals surface area contributed by atoms with E-state index < -0.39 is 8.26 Å². The summed E-state index contributed by atoms with van der Waals surface area (Å²) in [6.07, 6.45) is 0. The van der Waals surface area contributed by atoms with Gasteiger partial charge >= 0.3 is 8.26 Å². The highest BCUT2D eigenvalue weighted by atomic mass is 36.0. The number of ketones is 2. The number of hydrogen-bond donors (Lipinski definition) is 0. The van der Waals surface area contributed by atoms with Crippen LogP contribution >= 0.6 is 21.4 Å². The first-order valence-corrected chi connectivity index (χ1v) is 8.84. The van der Waals surface area contributed by atoms with Crippen LogP contribution in [0.25, 0.3) is 0 Å². The normalized spacial score (nSPS) is 12.9. The Morgan fingerprint density at radius 3 is 1.00 bits per heavy atom. The fraction of sp³-hybridized carbons (Fsp3) is 0. The summed E-state index contributed by atoms with van der Waals surface area (Å²) in [5.74, 6) is -0.128. The highest BCUT2D eigenvalue weighted by molar-refractivity contribution is 8.31. The minimum atomic E-state index is -3.72. The Kier molecular flexibility index (Phi) is 4.46. The van der Waals surface area contributed by atoms with Gasteiger partial charge in [0, 0.05) is 43.6 Å². The molecule has 0 N–H and O–H groups in total. The summed E-state index contributed by atoms with van der Waals surface area (Å²) in [6, 6.07) is 13.9. The number of hydrogen-bond acceptors (Lipinski definition) is 4. The number of carbonyl (C=O) groups excluding carboxylic acids is 2. The molecule has 0 aromatic heterocycles. The second kappa shape index (κ2) is 5.97. The van der Waals surface area contributed by atoms with Crippen molar-refractivity contribution in [3.63, 3.8) is 0 Å². The van der Waals surface area contributed by atoms with Gasteiger partial charge in [-0.25, -0.2) is 0 Å². The van der Waals surface area contributed by atoms with Crippen molar-refractivity contribution in [3.8, 4) is 0 Å². The van der Waals surface area contributed by atoms with Gasteiger partial charge < -0.3 is 0 Å². The van der Waals surface area contributed by atoms with Crippen LogP contribution in [-0.4, -0.2) is 20.0 Å². The molecular formula is C14H8Cl2O4S. The summed E-state index contributed by atoms with van der Waals surface area (Å²) in [5, 5.41) is 0. The Hall–Kier alpha value is -1.69. The van der Waals surface area contributed by atoms with Crippen molar-refractivity contribution in [2.75, 3.05) is 0 Å². The molecule has 0 fully saturated rings. The van der Waals surface area contributed by atoms with E-state index in [4.69, 9.17) is 8.42 Å². The van der Waals surface area contributed by atoms with Gasteiger partial charge in [0.1, 0.15) is 0 Å². The molecule has 0 aliphatic heterocycles. The zero-order valence-electron chi connectivity index (χ0n) is 10.4. The predicted octanol–water partition coefficient (Wildman–Crippen LogP) is 3.17. The van der Waals surface area contributed by atoms with Crippen LogP contribution in [0.4, 0.5) is 0 Å². The molecule has 0 amide bonds. The number of rotatable bonds is 0. The highest BCUT2D eigenvalue weighted by Crippen LogP contribution is 2.26. The van der Waals surface area contributed by atoms with E-state index in [2.05, 4.69) is 21.4 Å². The van der Waals surface area contributed by atoms with Gasteiger partial charge in [0.05, 0.1) is 0 Å². The zero-order chi connectivity index (χ0) is 15.6. The van der Waals surface area contributed by atoms with Crippen LogP contribution in [-0.2, 0) is 8.26 Å². The Balaban J connectivity index is 0.000000282. The van der Waals surface area contributed by atoms with E-state index in [1.54, 1.807) is 48.5 Å². The van der Waals surface area contributed by atoms with Gasteiger partial charge in [0.2, 0.25) is 0 Å². The molecule has 1 aliphatic rings. The second-order valence-electron chi connectivity index (χ2n) is 4.13. The van der Waals surface area contributed by atoms with Crippen LogP contribution < -0.4 is 0 Å². The van der Waals surface area contributed by atoms with E-state index in [-0.39, 0.29) is 11.6 Å². The average molecular weight is 343 g/mol. The van der Waals surface area contributed by atoms with Crippen molar-refractivity contribution in [1.29, 1.82) is 0 Å². The molecule has 0 heterocycles. The molecule has 0 spiro atoms. The average Bonchev–Trinajstić information content (AvgIpc) is 2.43. The van der Waals surface area contributed by atoms with Crippen molar-refractivity contribution in [2.24, 2.45) is 0 Å². The summed E-state index contributed by atoms with van der Waals surface area (Å²) < 4.78 is 18.3. The Morgan fingerprint density at radius 2 is 0.810 bits per heavy atom. The van der Waals surface area contributed by atoms with Gasteiger partial charge in [0.25, 0.3) is 0 Å². The molecule has 21 heavy (non-hydrogen) atoms. The SMILES string of the molecule is O=C1c2ccccc2C(=O)c2ccccc21.O=S(=O)(Cl)Cl. The van der Waals surface area contributed by atoms with Crippen LogP contribution in [0.3, 0.4) is 0 Å². The van der Waals surface area contributed by atoms with Crippen LogP contribution in [0.2, 0.25) is 0 Å². The molecule has 0 saturated carbocycles. The monoisotopic (exact) mass is 342 g/mol. The molecule has 0 bridgehead atoms. The summed E-state index contributed by atoms with van der Waals surface area (Å²) in [7, 11) is 4.81. The molecule has 0 saturated heterocycles. The highest BCUT2D eigenvalue weighted by Gasteiger charge is 2.28. The van der Waals surface area contributed by atoms with Gasteiger partial charge in [-0.05, 0) is 0 Å². The van der Waals surface area contributed by atoms with E-state index in [1.165, 1.54) is 0 Å². The minimum absolute atomic E-state index is 0.0641. The molecule has 3 rings (SSSR count). The quantitative estimate of drug-likeness (QED) is 0.588. The van der Waals surface area contributed by atoms with E-state index in [9.17, 15) is 9.59 Å². The first-order valence-electron chi connectivity index (χ1n) is 5.70. The molecule has 2 aromatic rings. The molecule has 108 valence electrons. The maximum atomic E-state index is 12.1. The second-order valence-corrected chi connectivity index (χ2v) is 7.80. The zero-order valence-corrected chi connectivity index (χ0v) is 12.7. The van der Waals surface area contributed by atoms with E-state index >= 15 is 0 Å². The molecule has 2 aromatic carbocycles. The molecule has 7 heteroatoms. The van der Waals surface area contributed by atoms with E-state index in [1.807, 2.05) is 0 Å². The third-order valence-corrected chi connectivity index (χ3v) is 2.83. The third-order valence-electron chi connectivity index (χ3n) is 2.83. The molecular weight excluding hydrogens is 335 g/mol. The van der Waals surface area contributed by atoms with Crippen LogP contribution in [0.5, 0.6) is 0 Å². The van der Waals surface area contributed by atoms with Crippen LogP contribution in [0, 0.1) is 0 Å². The van der Waals surface area contributed by atoms with Gasteiger partial charge in [0.15, 0.2) is 11.6 Å². The van der Waals surface area contributed by atoms with Gasteiger partial charge in [-0.3, -0.25) is 9.59 Å². The molecule has 0 unspecified atom stereocenters. The first kappa shape index (κ1) is 15.7. The lowest BCUT2D eigenvalue weighted by atomic mass is 9.84. The van der Waals surface area contributed by atoms with Crippen molar-refractivity contribution < 1.29 is 18.0 Å². The number of benzene rings is 2. The minimum Gasteiger partial charge on any atom is -0.289 e. The van der Waals surface area contributed by atoms with Crippen molar-refractivity contribution in [3.05, 3.63) is 70.8 Å². The lowest BCUT2D eigenvalue weighted by Crippen LogP contribution is -2.20. The fourth-order valence-corrected chi connectivity index (χ4v) is 2.05. The maximum absolute atomic E-state index is 12.1. The first-order chi connectivity index (χ1) is 9.79. The molecule has 4 nitrogen and oxygen atoms in total. The molecule has 0 atom stereocenters. The van der Waals surface area contributed by atoms with Crippen LogP contribution in [0.15, 0.2) is 48.5 Å². The van der Waals surface area contributed by atoms with E-state index in [0.717, 1.165) is 0 Å². The largest absolute Gasteiger partial charge is 0.317 e.